The quantitative estimate of drug-likeness (QED) is 0.362. The van der Waals surface area contributed by atoms with Gasteiger partial charge in [-0.25, -0.2) is 8.42 Å². The molecule has 1 aromatic carbocycles. The first-order chi connectivity index (χ1) is 17.3. The van der Waals surface area contributed by atoms with Gasteiger partial charge in [0.15, 0.2) is 5.82 Å². The number of carbonyl (C=O) groups is 2. The van der Waals surface area contributed by atoms with Crippen LogP contribution in [0.25, 0.3) is 6.08 Å². The molecule has 1 amide bonds. The normalized spacial score (nSPS) is 19.6. The number of rotatable bonds is 10. The highest BCUT2D eigenvalue weighted by atomic mass is 32.2. The van der Waals surface area contributed by atoms with Crippen molar-refractivity contribution in [3.63, 3.8) is 0 Å². The number of hydrogen-bond acceptors (Lipinski definition) is 7. The predicted octanol–water partition coefficient (Wildman–Crippen LogP) is 0.857. The molecule has 194 valence electrons. The number of amides is 1. The van der Waals surface area contributed by atoms with Gasteiger partial charge in [0.2, 0.25) is 15.9 Å². The van der Waals surface area contributed by atoms with E-state index in [9.17, 15) is 23.1 Å². The lowest BCUT2D eigenvalue weighted by Gasteiger charge is -2.23. The second kappa shape index (κ2) is 11.8. The zero-order valence-corrected chi connectivity index (χ0v) is 20.8. The van der Waals surface area contributed by atoms with E-state index in [0.717, 1.165) is 32.4 Å². The molecule has 12 heteroatoms. The predicted molar refractivity (Wildman–Crippen MR) is 133 cm³/mol. The van der Waals surface area contributed by atoms with Crippen molar-refractivity contribution in [2.45, 2.75) is 49.9 Å². The summed E-state index contributed by atoms with van der Waals surface area (Å²) in [5.41, 5.74) is 0.532. The number of fused-ring (bicyclic) bond motifs is 1. The lowest BCUT2D eigenvalue weighted by molar-refractivity contribution is -0.139. The van der Waals surface area contributed by atoms with E-state index < -0.39 is 33.9 Å². The summed E-state index contributed by atoms with van der Waals surface area (Å²) in [6, 6.07) is 6.97. The summed E-state index contributed by atoms with van der Waals surface area (Å²) in [4.78, 5) is 24.7. The van der Waals surface area contributed by atoms with Gasteiger partial charge in [-0.3, -0.25) is 9.59 Å². The van der Waals surface area contributed by atoms with Gasteiger partial charge in [0.25, 0.3) is 0 Å². The van der Waals surface area contributed by atoms with Gasteiger partial charge < -0.3 is 20.3 Å². The van der Waals surface area contributed by atoms with Crippen LogP contribution in [0, 0.1) is 5.92 Å². The number of nitrogens with one attached hydrogen (secondary N) is 3. The molecule has 4 rings (SSSR count). The standard InChI is InChI=1S/C24H32N6O5S/c31-23(26-15-20(24(32)33)29-36(34,35)16-18-5-2-1-3-6-18)19-7-4-14-30-21(27-28-22(19)30)9-8-17-10-12-25-13-11-17/h1-3,5-6,8-9,17,19-20,25,29H,4,7,10-16H2,(H,26,31)(H,32,33)/b9-8+. The summed E-state index contributed by atoms with van der Waals surface area (Å²) in [5, 5.41) is 24.0. The monoisotopic (exact) mass is 516 g/mol. The summed E-state index contributed by atoms with van der Waals surface area (Å²) in [6.07, 6.45) is 7.57. The summed E-state index contributed by atoms with van der Waals surface area (Å²) >= 11 is 0. The molecule has 1 aromatic heterocycles. The van der Waals surface area contributed by atoms with Crippen LogP contribution in [0.4, 0.5) is 0 Å². The third-order valence-electron chi connectivity index (χ3n) is 6.51. The summed E-state index contributed by atoms with van der Waals surface area (Å²) in [5.74, 6) is -0.971. The molecule has 36 heavy (non-hydrogen) atoms. The van der Waals surface area contributed by atoms with Crippen LogP contribution >= 0.6 is 0 Å². The molecule has 0 aliphatic carbocycles. The van der Waals surface area contributed by atoms with E-state index in [1.807, 2.05) is 10.6 Å². The maximum absolute atomic E-state index is 13.0. The van der Waals surface area contributed by atoms with E-state index >= 15 is 0 Å². The number of carbonyl (C=O) groups excluding carboxylic acids is 1. The number of hydrogen-bond donors (Lipinski definition) is 4. The smallest absolute Gasteiger partial charge is 0.323 e. The fourth-order valence-corrected chi connectivity index (χ4v) is 5.92. The van der Waals surface area contributed by atoms with Crippen LogP contribution in [0.3, 0.4) is 0 Å². The number of aromatic nitrogens is 3. The van der Waals surface area contributed by atoms with Crippen LogP contribution in [0.1, 0.15) is 48.8 Å². The highest BCUT2D eigenvalue weighted by molar-refractivity contribution is 7.88. The van der Waals surface area contributed by atoms with E-state index in [4.69, 9.17) is 0 Å². The molecular weight excluding hydrogens is 484 g/mol. The number of sulfonamides is 1. The zero-order chi connectivity index (χ0) is 25.5. The van der Waals surface area contributed by atoms with Crippen LogP contribution < -0.4 is 15.4 Å². The van der Waals surface area contributed by atoms with Gasteiger partial charge in [-0.1, -0.05) is 36.4 Å². The van der Waals surface area contributed by atoms with E-state index in [2.05, 4.69) is 31.6 Å². The summed E-state index contributed by atoms with van der Waals surface area (Å²) in [6.45, 7) is 2.31. The Bertz CT molecular complexity index is 1190. The number of allylic oxidation sites excluding steroid dienone is 1. The molecule has 0 spiro atoms. The molecule has 4 N–H and O–H groups in total. The number of carboxylic acid groups (broad SMARTS) is 1. The first-order valence-electron chi connectivity index (χ1n) is 12.2. The van der Waals surface area contributed by atoms with E-state index in [1.165, 1.54) is 0 Å². The molecule has 0 saturated carbocycles. The zero-order valence-electron chi connectivity index (χ0n) is 20.0. The summed E-state index contributed by atoms with van der Waals surface area (Å²) < 4.78 is 29.1. The van der Waals surface area contributed by atoms with Gasteiger partial charge in [0, 0.05) is 13.1 Å². The average molecular weight is 517 g/mol. The fourth-order valence-electron chi connectivity index (χ4n) is 4.59. The van der Waals surface area contributed by atoms with Gasteiger partial charge in [-0.05, 0) is 56.3 Å². The Morgan fingerprint density at radius 3 is 2.64 bits per heavy atom. The molecule has 2 aromatic rings. The topological polar surface area (TPSA) is 155 Å². The Kier molecular flexibility index (Phi) is 8.49. The highest BCUT2D eigenvalue weighted by Gasteiger charge is 2.32. The van der Waals surface area contributed by atoms with Crippen molar-refractivity contribution in [1.82, 2.24) is 30.1 Å². The molecule has 2 atom stereocenters. The molecule has 2 aliphatic heterocycles. The Morgan fingerprint density at radius 1 is 1.17 bits per heavy atom. The number of benzene rings is 1. The summed E-state index contributed by atoms with van der Waals surface area (Å²) in [7, 11) is -3.93. The maximum Gasteiger partial charge on any atom is 0.323 e. The Hall–Kier alpha value is -3.09. The molecule has 0 bridgehead atoms. The van der Waals surface area contributed by atoms with E-state index in [0.29, 0.717) is 36.1 Å². The Balaban J connectivity index is 1.37. The van der Waals surface area contributed by atoms with Crippen molar-refractivity contribution < 1.29 is 23.1 Å². The van der Waals surface area contributed by atoms with Gasteiger partial charge >= 0.3 is 5.97 Å². The minimum absolute atomic E-state index is 0.356. The lowest BCUT2D eigenvalue weighted by atomic mass is 9.97. The minimum atomic E-state index is -3.93. The average Bonchev–Trinajstić information content (AvgIpc) is 3.29. The fraction of sp³-hybridized carbons (Fsp3) is 0.500. The van der Waals surface area contributed by atoms with Crippen molar-refractivity contribution in [2.75, 3.05) is 19.6 Å². The van der Waals surface area contributed by atoms with Crippen LogP contribution in [-0.2, 0) is 31.9 Å². The highest BCUT2D eigenvalue weighted by Crippen LogP contribution is 2.27. The first-order valence-corrected chi connectivity index (χ1v) is 13.8. The maximum atomic E-state index is 13.0. The second-order valence-corrected chi connectivity index (χ2v) is 11.0. The van der Waals surface area contributed by atoms with Crippen molar-refractivity contribution in [3.05, 3.63) is 53.6 Å². The Labute approximate surface area is 210 Å². The third-order valence-corrected chi connectivity index (χ3v) is 7.87. The molecule has 1 fully saturated rings. The molecule has 2 aliphatic rings. The van der Waals surface area contributed by atoms with Crippen molar-refractivity contribution >= 4 is 28.0 Å². The van der Waals surface area contributed by atoms with Crippen molar-refractivity contribution in [2.24, 2.45) is 5.92 Å². The largest absolute Gasteiger partial charge is 0.480 e. The molecule has 2 unspecified atom stereocenters. The van der Waals surface area contributed by atoms with Crippen LogP contribution in [0.15, 0.2) is 36.4 Å². The molecule has 3 heterocycles. The third kappa shape index (κ3) is 6.77. The number of carboxylic acids is 1. The van der Waals surface area contributed by atoms with Crippen LogP contribution in [0.2, 0.25) is 0 Å². The van der Waals surface area contributed by atoms with Crippen molar-refractivity contribution in [3.8, 4) is 0 Å². The van der Waals surface area contributed by atoms with E-state index in [1.54, 1.807) is 30.3 Å². The minimum Gasteiger partial charge on any atom is -0.480 e. The molecule has 0 radical (unpaired) electrons. The van der Waals surface area contributed by atoms with Crippen molar-refractivity contribution in [1.29, 1.82) is 0 Å². The second-order valence-electron chi connectivity index (χ2n) is 9.21. The lowest BCUT2D eigenvalue weighted by Crippen LogP contribution is -2.49. The molecule has 1 saturated heterocycles. The first kappa shape index (κ1) is 26.0. The van der Waals surface area contributed by atoms with Crippen LogP contribution in [-0.4, -0.2) is 65.8 Å². The number of aliphatic carboxylic acids is 1. The molecular formula is C24H32N6O5S. The van der Waals surface area contributed by atoms with Gasteiger partial charge in [0.05, 0.1) is 11.7 Å². The number of piperidine rings is 1. The molecule has 11 nitrogen and oxygen atoms in total. The number of nitrogens with zero attached hydrogens (tertiary/aromatic N) is 3. The van der Waals surface area contributed by atoms with Gasteiger partial charge in [-0.2, -0.15) is 4.72 Å². The SMILES string of the molecule is O=C(O)C(CNC(=O)C1CCCn2c(/C=C/C3CCNCC3)nnc21)NS(=O)(=O)Cc1ccccc1. The van der Waals surface area contributed by atoms with Crippen LogP contribution in [0.5, 0.6) is 0 Å². The van der Waals surface area contributed by atoms with Gasteiger partial charge in [0.1, 0.15) is 11.9 Å². The van der Waals surface area contributed by atoms with E-state index in [-0.39, 0.29) is 12.3 Å². The Morgan fingerprint density at radius 2 is 1.92 bits per heavy atom. The van der Waals surface area contributed by atoms with Gasteiger partial charge in [-0.15, -0.1) is 10.2 Å².